The molecule has 18 heavy (non-hydrogen) atoms. The summed E-state index contributed by atoms with van der Waals surface area (Å²) in [4.78, 5) is 5.41. The highest BCUT2D eigenvalue weighted by molar-refractivity contribution is 7.11. The lowest BCUT2D eigenvalue weighted by Gasteiger charge is -2.00. The molecule has 1 unspecified atom stereocenters. The molecule has 0 aliphatic heterocycles. The Labute approximate surface area is 110 Å². The van der Waals surface area contributed by atoms with Crippen LogP contribution in [0.4, 0.5) is 0 Å². The van der Waals surface area contributed by atoms with Crippen molar-refractivity contribution in [2.45, 2.75) is 45.8 Å². The Bertz CT molecular complexity index is 492. The van der Waals surface area contributed by atoms with Crippen LogP contribution in [-0.4, -0.2) is 31.2 Å². The summed E-state index contributed by atoms with van der Waals surface area (Å²) < 4.78 is 1.84. The predicted octanol–water partition coefficient (Wildman–Crippen LogP) is 1.79. The van der Waals surface area contributed by atoms with E-state index in [1.807, 2.05) is 30.9 Å². The fourth-order valence-corrected chi connectivity index (χ4v) is 2.53. The number of hydrogen-bond acceptors (Lipinski definition) is 5. The number of aryl methyl sites for hydroxylation is 2. The Morgan fingerprint density at radius 1 is 1.50 bits per heavy atom. The van der Waals surface area contributed by atoms with Gasteiger partial charge in [-0.25, -0.2) is 9.67 Å². The van der Waals surface area contributed by atoms with Gasteiger partial charge in [0.15, 0.2) is 0 Å². The van der Waals surface area contributed by atoms with Gasteiger partial charge in [0, 0.05) is 17.3 Å². The fraction of sp³-hybridized carbons (Fsp3) is 0.583. The zero-order valence-corrected chi connectivity index (χ0v) is 11.5. The maximum Gasteiger partial charge on any atom is 0.0897 e. The first kappa shape index (κ1) is 13.2. The molecule has 2 rings (SSSR count). The second-order valence-electron chi connectivity index (χ2n) is 4.49. The van der Waals surface area contributed by atoms with Crippen molar-refractivity contribution in [2.24, 2.45) is 0 Å². The third-order valence-electron chi connectivity index (χ3n) is 2.63. The van der Waals surface area contributed by atoms with Crippen LogP contribution in [0.2, 0.25) is 0 Å². The minimum Gasteiger partial charge on any atom is -0.393 e. The van der Waals surface area contributed by atoms with Crippen LogP contribution in [0.3, 0.4) is 0 Å². The number of aliphatic hydroxyl groups is 1. The predicted molar refractivity (Wildman–Crippen MR) is 70.6 cm³/mol. The largest absolute Gasteiger partial charge is 0.393 e. The Kier molecular flexibility index (Phi) is 4.43. The molecular weight excluding hydrogens is 248 g/mol. The zero-order valence-electron chi connectivity index (χ0n) is 10.7. The van der Waals surface area contributed by atoms with Crippen LogP contribution in [0.5, 0.6) is 0 Å². The molecule has 98 valence electrons. The maximum absolute atomic E-state index is 9.19. The summed E-state index contributed by atoms with van der Waals surface area (Å²) in [6, 6.07) is 0. The van der Waals surface area contributed by atoms with E-state index < -0.39 is 0 Å². The van der Waals surface area contributed by atoms with E-state index in [1.165, 1.54) is 4.88 Å². The van der Waals surface area contributed by atoms with Gasteiger partial charge in [-0.2, -0.15) is 0 Å². The molecule has 0 spiro atoms. The normalized spacial score (nSPS) is 12.8. The van der Waals surface area contributed by atoms with E-state index in [0.29, 0.717) is 0 Å². The standard InChI is InChI=1S/C12H18N4OS/c1-9(17)4-3-5-11-7-16(15-14-11)8-12-6-13-10(2)18-12/h6-7,9,17H,3-5,8H2,1-2H3. The molecule has 0 aliphatic carbocycles. The molecule has 6 heteroatoms. The maximum atomic E-state index is 9.19. The van der Waals surface area contributed by atoms with Crippen molar-refractivity contribution in [1.29, 1.82) is 0 Å². The highest BCUT2D eigenvalue weighted by Gasteiger charge is 2.04. The number of nitrogens with zero attached hydrogens (tertiary/aromatic N) is 4. The smallest absolute Gasteiger partial charge is 0.0897 e. The van der Waals surface area contributed by atoms with Crippen molar-refractivity contribution in [3.05, 3.63) is 28.0 Å². The van der Waals surface area contributed by atoms with Crippen LogP contribution >= 0.6 is 11.3 Å². The summed E-state index contributed by atoms with van der Waals surface area (Å²) in [6.07, 6.45) is 6.23. The first-order valence-corrected chi connectivity index (χ1v) is 6.93. The number of aromatic nitrogens is 4. The first-order chi connectivity index (χ1) is 8.63. The minimum atomic E-state index is -0.236. The Hall–Kier alpha value is -1.27. The van der Waals surface area contributed by atoms with E-state index >= 15 is 0 Å². The van der Waals surface area contributed by atoms with Gasteiger partial charge in [-0.15, -0.1) is 16.4 Å². The number of rotatable bonds is 6. The van der Waals surface area contributed by atoms with E-state index in [4.69, 9.17) is 0 Å². The summed E-state index contributed by atoms with van der Waals surface area (Å²) in [5.74, 6) is 0. The van der Waals surface area contributed by atoms with Gasteiger partial charge in [0.1, 0.15) is 0 Å². The molecule has 0 saturated carbocycles. The lowest BCUT2D eigenvalue weighted by molar-refractivity contribution is 0.181. The van der Waals surface area contributed by atoms with Crippen LogP contribution in [0.1, 0.15) is 35.3 Å². The van der Waals surface area contributed by atoms with E-state index in [9.17, 15) is 5.11 Å². The van der Waals surface area contributed by atoms with E-state index in [-0.39, 0.29) is 6.10 Å². The van der Waals surface area contributed by atoms with Gasteiger partial charge >= 0.3 is 0 Å². The van der Waals surface area contributed by atoms with Crippen molar-refractivity contribution in [3.8, 4) is 0 Å². The number of hydrogen-bond donors (Lipinski definition) is 1. The highest BCUT2D eigenvalue weighted by Crippen LogP contribution is 2.13. The fourth-order valence-electron chi connectivity index (χ4n) is 1.75. The SMILES string of the molecule is Cc1ncc(Cn2cc(CCCC(C)O)nn2)s1. The molecule has 1 N–H and O–H groups in total. The minimum absolute atomic E-state index is 0.236. The van der Waals surface area contributed by atoms with Gasteiger partial charge in [0.25, 0.3) is 0 Å². The van der Waals surface area contributed by atoms with Gasteiger partial charge < -0.3 is 5.11 Å². The molecular formula is C12H18N4OS. The average Bonchev–Trinajstić information content (AvgIpc) is 2.89. The lowest BCUT2D eigenvalue weighted by Crippen LogP contribution is -2.00. The Balaban J connectivity index is 1.86. The average molecular weight is 266 g/mol. The van der Waals surface area contributed by atoms with E-state index in [0.717, 1.165) is 36.5 Å². The molecule has 0 aromatic carbocycles. The van der Waals surface area contributed by atoms with Crippen molar-refractivity contribution in [2.75, 3.05) is 0 Å². The van der Waals surface area contributed by atoms with Crippen LogP contribution < -0.4 is 0 Å². The third-order valence-corrected chi connectivity index (χ3v) is 3.53. The molecule has 2 aromatic heterocycles. The number of aliphatic hydroxyl groups excluding tert-OH is 1. The molecule has 0 bridgehead atoms. The zero-order chi connectivity index (χ0) is 13.0. The molecule has 1 atom stereocenters. The van der Waals surface area contributed by atoms with Crippen molar-refractivity contribution in [1.82, 2.24) is 20.0 Å². The third kappa shape index (κ3) is 3.89. The lowest BCUT2D eigenvalue weighted by atomic mass is 10.1. The van der Waals surface area contributed by atoms with Crippen LogP contribution in [0.25, 0.3) is 0 Å². The molecule has 0 fully saturated rings. The van der Waals surface area contributed by atoms with Gasteiger partial charge in [-0.1, -0.05) is 5.21 Å². The second kappa shape index (κ2) is 6.06. The quantitative estimate of drug-likeness (QED) is 0.866. The van der Waals surface area contributed by atoms with Crippen molar-refractivity contribution in [3.63, 3.8) is 0 Å². The van der Waals surface area contributed by atoms with Gasteiger partial charge in [0.05, 0.1) is 23.4 Å². The monoisotopic (exact) mass is 266 g/mol. The molecule has 0 aliphatic rings. The highest BCUT2D eigenvalue weighted by atomic mass is 32.1. The van der Waals surface area contributed by atoms with Crippen LogP contribution in [-0.2, 0) is 13.0 Å². The topological polar surface area (TPSA) is 63.8 Å². The summed E-state index contributed by atoms with van der Waals surface area (Å²) in [7, 11) is 0. The second-order valence-corrected chi connectivity index (χ2v) is 5.81. The molecule has 0 amide bonds. The van der Waals surface area contributed by atoms with Crippen LogP contribution in [0, 0.1) is 6.92 Å². The molecule has 2 heterocycles. The van der Waals surface area contributed by atoms with Crippen LogP contribution in [0.15, 0.2) is 12.4 Å². The Morgan fingerprint density at radius 2 is 2.33 bits per heavy atom. The first-order valence-electron chi connectivity index (χ1n) is 6.12. The Morgan fingerprint density at radius 3 is 3.00 bits per heavy atom. The molecule has 0 radical (unpaired) electrons. The van der Waals surface area contributed by atoms with E-state index in [2.05, 4.69) is 15.3 Å². The van der Waals surface area contributed by atoms with Gasteiger partial charge in [-0.3, -0.25) is 0 Å². The summed E-state index contributed by atoms with van der Waals surface area (Å²) in [5, 5.41) is 18.5. The molecule has 2 aromatic rings. The van der Waals surface area contributed by atoms with E-state index in [1.54, 1.807) is 11.3 Å². The summed E-state index contributed by atoms with van der Waals surface area (Å²) in [6.45, 7) is 4.54. The molecule has 0 saturated heterocycles. The van der Waals surface area contributed by atoms with Crippen molar-refractivity contribution < 1.29 is 5.11 Å². The van der Waals surface area contributed by atoms with Gasteiger partial charge in [0.2, 0.25) is 0 Å². The summed E-state index contributed by atoms with van der Waals surface area (Å²) >= 11 is 1.68. The van der Waals surface area contributed by atoms with Crippen molar-refractivity contribution >= 4 is 11.3 Å². The number of thiazole rings is 1. The summed E-state index contributed by atoms with van der Waals surface area (Å²) in [5.41, 5.74) is 0.983. The van der Waals surface area contributed by atoms with Gasteiger partial charge in [-0.05, 0) is 33.1 Å². The molecule has 5 nitrogen and oxygen atoms in total.